The molecule has 1 heterocycles. The molecule has 1 N–H and O–H groups in total. The summed E-state index contributed by atoms with van der Waals surface area (Å²) in [4.78, 5) is 0. The van der Waals surface area contributed by atoms with E-state index in [1.165, 1.54) is 11.1 Å². The fourth-order valence-electron chi connectivity index (χ4n) is 4.27. The maximum Gasteiger partial charge on any atom is 0.134 e. The third-order valence-corrected chi connectivity index (χ3v) is 5.48. The zero-order chi connectivity index (χ0) is 20.2. The number of allylic oxidation sites excluding steroid dienone is 2. The molecule has 2 aliphatic rings. The smallest absolute Gasteiger partial charge is 0.134 e. The molecular formula is C24H36O3. The molecule has 3 nitrogen and oxygen atoms in total. The Morgan fingerprint density at radius 2 is 2.04 bits per heavy atom. The third-order valence-electron chi connectivity index (χ3n) is 5.48. The van der Waals surface area contributed by atoms with Crippen molar-refractivity contribution in [3.8, 4) is 11.5 Å². The van der Waals surface area contributed by atoms with Crippen molar-refractivity contribution in [1.82, 2.24) is 0 Å². The molecule has 0 saturated heterocycles. The van der Waals surface area contributed by atoms with Crippen LogP contribution in [0.1, 0.15) is 77.8 Å². The Balaban J connectivity index is 0.00000126. The first-order valence-corrected chi connectivity index (χ1v) is 10.3. The number of ether oxygens (including phenoxy) is 2. The van der Waals surface area contributed by atoms with Crippen molar-refractivity contribution >= 4 is 0 Å². The lowest BCUT2D eigenvalue weighted by Gasteiger charge is -2.46. The number of hydrogen-bond donors (Lipinski definition) is 1. The molecule has 0 radical (unpaired) electrons. The lowest BCUT2D eigenvalue weighted by Crippen LogP contribution is -2.45. The van der Waals surface area contributed by atoms with Gasteiger partial charge in [-0.3, -0.25) is 0 Å². The zero-order valence-electron chi connectivity index (χ0n) is 17.9. The van der Waals surface area contributed by atoms with E-state index in [9.17, 15) is 5.11 Å². The monoisotopic (exact) mass is 372 g/mol. The fourth-order valence-corrected chi connectivity index (χ4v) is 4.27. The van der Waals surface area contributed by atoms with Crippen LogP contribution in [0.4, 0.5) is 0 Å². The van der Waals surface area contributed by atoms with Crippen LogP contribution in [0.2, 0.25) is 0 Å². The van der Waals surface area contributed by atoms with Gasteiger partial charge >= 0.3 is 0 Å². The summed E-state index contributed by atoms with van der Waals surface area (Å²) in [7, 11) is 0. The average molecular weight is 373 g/mol. The number of aliphatic hydroxyl groups excluding tert-OH is 1. The Morgan fingerprint density at radius 1 is 1.33 bits per heavy atom. The summed E-state index contributed by atoms with van der Waals surface area (Å²) in [5, 5.41) is 9.36. The predicted octanol–water partition coefficient (Wildman–Crippen LogP) is 6.16. The Kier molecular flexibility index (Phi) is 7.16. The van der Waals surface area contributed by atoms with Gasteiger partial charge < -0.3 is 14.6 Å². The molecule has 150 valence electrons. The summed E-state index contributed by atoms with van der Waals surface area (Å²) in [5.41, 5.74) is 3.53. The molecule has 0 spiro atoms. The highest BCUT2D eigenvalue weighted by Crippen LogP contribution is 2.53. The largest absolute Gasteiger partial charge is 0.487 e. The highest BCUT2D eigenvalue weighted by molar-refractivity contribution is 5.55. The van der Waals surface area contributed by atoms with Crippen LogP contribution in [-0.4, -0.2) is 17.3 Å². The first-order chi connectivity index (χ1) is 12.9. The Morgan fingerprint density at radius 3 is 2.67 bits per heavy atom. The molecule has 0 aromatic heterocycles. The lowest BCUT2D eigenvalue weighted by molar-refractivity contribution is 0.0107. The van der Waals surface area contributed by atoms with Gasteiger partial charge in [-0.15, -0.1) is 0 Å². The molecular weight excluding hydrogens is 336 g/mol. The minimum absolute atomic E-state index is 0.178. The highest BCUT2D eigenvalue weighted by Gasteiger charge is 2.45. The van der Waals surface area contributed by atoms with E-state index in [1.807, 2.05) is 13.8 Å². The van der Waals surface area contributed by atoms with Gasteiger partial charge in [0.05, 0.1) is 0 Å². The van der Waals surface area contributed by atoms with Crippen molar-refractivity contribution in [3.05, 3.63) is 47.2 Å². The molecule has 3 rings (SSSR count). The van der Waals surface area contributed by atoms with Gasteiger partial charge in [0, 0.05) is 17.4 Å². The maximum absolute atomic E-state index is 9.36. The molecule has 0 saturated carbocycles. The van der Waals surface area contributed by atoms with Crippen molar-refractivity contribution in [2.45, 2.75) is 78.7 Å². The van der Waals surface area contributed by atoms with Gasteiger partial charge in [0.25, 0.3) is 0 Å². The predicted molar refractivity (Wildman–Crippen MR) is 113 cm³/mol. The molecule has 0 bridgehead atoms. The molecule has 1 aromatic carbocycles. The summed E-state index contributed by atoms with van der Waals surface area (Å²) >= 11 is 0. The van der Waals surface area contributed by atoms with Crippen molar-refractivity contribution in [1.29, 1.82) is 0 Å². The SMILES string of the molecule is C=C(CO)Oc1cc(CCC)cc2c1C1C=C(C)CCC1C(C)(C)O2.CC. The quantitative estimate of drug-likeness (QED) is 0.497. The minimum Gasteiger partial charge on any atom is -0.487 e. The molecule has 2 atom stereocenters. The Hall–Kier alpha value is -1.74. The second-order valence-corrected chi connectivity index (χ2v) is 7.94. The summed E-state index contributed by atoms with van der Waals surface area (Å²) < 4.78 is 12.4. The van der Waals surface area contributed by atoms with Crippen molar-refractivity contribution in [2.24, 2.45) is 5.92 Å². The van der Waals surface area contributed by atoms with Gasteiger partial charge in [-0.1, -0.05) is 45.4 Å². The van der Waals surface area contributed by atoms with E-state index in [1.54, 1.807) is 0 Å². The van der Waals surface area contributed by atoms with E-state index in [0.29, 0.717) is 11.7 Å². The molecule has 3 heteroatoms. The van der Waals surface area contributed by atoms with Crippen LogP contribution in [-0.2, 0) is 6.42 Å². The summed E-state index contributed by atoms with van der Waals surface area (Å²) in [6.45, 7) is 16.4. The van der Waals surface area contributed by atoms with Crippen LogP contribution in [0, 0.1) is 5.92 Å². The van der Waals surface area contributed by atoms with Crippen LogP contribution in [0.15, 0.2) is 36.1 Å². The third kappa shape index (κ3) is 4.57. The van der Waals surface area contributed by atoms with Gasteiger partial charge in [-0.05, 0) is 57.7 Å². The van der Waals surface area contributed by atoms with Gasteiger partial charge in [0.2, 0.25) is 0 Å². The molecule has 0 amide bonds. The average Bonchev–Trinajstić information content (AvgIpc) is 2.62. The fraction of sp³-hybridized carbons (Fsp3) is 0.583. The van der Waals surface area contributed by atoms with Crippen molar-refractivity contribution in [3.63, 3.8) is 0 Å². The standard InChI is InChI=1S/C22H30O3.C2H6/c1-6-7-16-11-19(24-15(3)13-23)21-17-10-14(2)8-9-18(17)22(4,5)25-20(21)12-16;1-2/h10-12,17-18,23H,3,6-9,13H2,1-2,4-5H3;1-2H3. The van der Waals surface area contributed by atoms with Crippen molar-refractivity contribution in [2.75, 3.05) is 6.61 Å². The number of fused-ring (bicyclic) bond motifs is 3. The van der Waals surface area contributed by atoms with E-state index in [0.717, 1.165) is 42.7 Å². The Labute approximate surface area is 165 Å². The first kappa shape index (κ1) is 21.6. The molecule has 0 fully saturated rings. The molecule has 27 heavy (non-hydrogen) atoms. The number of aryl methyl sites for hydroxylation is 1. The summed E-state index contributed by atoms with van der Waals surface area (Å²) in [5.74, 6) is 2.78. The van der Waals surface area contributed by atoms with E-state index in [2.05, 4.69) is 52.5 Å². The second-order valence-electron chi connectivity index (χ2n) is 7.94. The Bertz CT molecular complexity index is 700. The first-order valence-electron chi connectivity index (χ1n) is 10.3. The minimum atomic E-state index is -0.203. The summed E-state index contributed by atoms with van der Waals surface area (Å²) in [6.07, 6.45) is 6.66. The van der Waals surface area contributed by atoms with E-state index < -0.39 is 0 Å². The maximum atomic E-state index is 9.36. The normalized spacial score (nSPS) is 22.3. The topological polar surface area (TPSA) is 38.7 Å². The van der Waals surface area contributed by atoms with Crippen LogP contribution in [0.3, 0.4) is 0 Å². The van der Waals surface area contributed by atoms with Gasteiger partial charge in [0.1, 0.15) is 29.5 Å². The molecule has 1 aliphatic heterocycles. The van der Waals surface area contributed by atoms with Crippen LogP contribution in [0.5, 0.6) is 11.5 Å². The number of aliphatic hydroxyl groups is 1. The van der Waals surface area contributed by atoms with E-state index >= 15 is 0 Å². The number of rotatable bonds is 5. The van der Waals surface area contributed by atoms with Gasteiger partial charge in [-0.2, -0.15) is 0 Å². The highest BCUT2D eigenvalue weighted by atomic mass is 16.5. The molecule has 1 aromatic rings. The van der Waals surface area contributed by atoms with Crippen LogP contribution in [0.25, 0.3) is 0 Å². The van der Waals surface area contributed by atoms with E-state index in [-0.39, 0.29) is 18.1 Å². The number of hydrogen-bond acceptors (Lipinski definition) is 3. The second kappa shape index (κ2) is 8.97. The van der Waals surface area contributed by atoms with Crippen LogP contribution >= 0.6 is 0 Å². The zero-order valence-corrected chi connectivity index (χ0v) is 17.9. The van der Waals surface area contributed by atoms with Crippen LogP contribution < -0.4 is 9.47 Å². The van der Waals surface area contributed by atoms with Gasteiger partial charge in [-0.25, -0.2) is 0 Å². The summed E-state index contributed by atoms with van der Waals surface area (Å²) in [6, 6.07) is 4.27. The molecule has 1 aliphatic carbocycles. The van der Waals surface area contributed by atoms with E-state index in [4.69, 9.17) is 9.47 Å². The van der Waals surface area contributed by atoms with Crippen molar-refractivity contribution < 1.29 is 14.6 Å². The molecule has 2 unspecified atom stereocenters. The van der Waals surface area contributed by atoms with Gasteiger partial charge in [0.15, 0.2) is 0 Å². The number of benzene rings is 1. The lowest BCUT2D eigenvalue weighted by atomic mass is 9.68.